The van der Waals surface area contributed by atoms with Gasteiger partial charge in [0.15, 0.2) is 0 Å². The average Bonchev–Trinajstić information content (AvgIpc) is 2.61. The molecule has 0 amide bonds. The van der Waals surface area contributed by atoms with Gasteiger partial charge in [0.05, 0.1) is 16.8 Å². The third-order valence-electron chi connectivity index (χ3n) is 3.80. The van der Waals surface area contributed by atoms with E-state index in [1.807, 2.05) is 18.2 Å². The Labute approximate surface area is 152 Å². The van der Waals surface area contributed by atoms with E-state index in [2.05, 4.69) is 53.8 Å². The molecular formula is C19H18ClN3S. The fraction of sp³-hybridized carbons (Fsp3) is 0.158. The summed E-state index contributed by atoms with van der Waals surface area (Å²) < 4.78 is 0. The summed E-state index contributed by atoms with van der Waals surface area (Å²) >= 11 is 1.70. The summed E-state index contributed by atoms with van der Waals surface area (Å²) in [6, 6.07) is 16.6. The van der Waals surface area contributed by atoms with E-state index >= 15 is 0 Å². The number of rotatable bonds is 4. The lowest BCUT2D eigenvalue weighted by molar-refractivity contribution is 1.14. The van der Waals surface area contributed by atoms with E-state index in [4.69, 9.17) is 0 Å². The number of aromatic nitrogens is 1. The number of aryl methyl sites for hydroxylation is 1. The number of anilines is 2. The molecule has 122 valence electrons. The van der Waals surface area contributed by atoms with E-state index in [1.54, 1.807) is 18.0 Å². The van der Waals surface area contributed by atoms with Crippen LogP contribution in [0.15, 0.2) is 53.6 Å². The van der Waals surface area contributed by atoms with Crippen LogP contribution in [0.25, 0.3) is 10.9 Å². The minimum atomic E-state index is 0. The van der Waals surface area contributed by atoms with Crippen molar-refractivity contribution in [2.45, 2.75) is 18.2 Å². The molecule has 0 radical (unpaired) electrons. The number of nitrogens with zero attached hydrogens (tertiary/aromatic N) is 2. The van der Waals surface area contributed by atoms with Crippen LogP contribution in [0, 0.1) is 11.3 Å². The molecule has 0 aliphatic rings. The first-order valence-electron chi connectivity index (χ1n) is 7.48. The molecule has 5 heteroatoms. The zero-order valence-electron chi connectivity index (χ0n) is 13.5. The number of halogens is 1. The second-order valence-electron chi connectivity index (χ2n) is 5.22. The molecular weight excluding hydrogens is 338 g/mol. The van der Waals surface area contributed by atoms with Crippen LogP contribution in [0.4, 0.5) is 11.4 Å². The molecule has 0 saturated carbocycles. The van der Waals surface area contributed by atoms with E-state index in [0.717, 1.165) is 28.7 Å². The molecule has 0 aliphatic carbocycles. The molecule has 0 aliphatic heterocycles. The Bertz CT molecular complexity index is 903. The Hall–Kier alpha value is -2.22. The highest BCUT2D eigenvalue weighted by Crippen LogP contribution is 2.30. The molecule has 1 aromatic heterocycles. The lowest BCUT2D eigenvalue weighted by Gasteiger charge is -2.13. The lowest BCUT2D eigenvalue weighted by atomic mass is 10.1. The molecule has 3 aromatic rings. The fourth-order valence-electron chi connectivity index (χ4n) is 2.52. The summed E-state index contributed by atoms with van der Waals surface area (Å²) in [4.78, 5) is 5.58. The first-order valence-corrected chi connectivity index (χ1v) is 8.70. The van der Waals surface area contributed by atoms with Crippen LogP contribution in [-0.2, 0) is 6.42 Å². The number of nitriles is 1. The first kappa shape index (κ1) is 18.1. The fourth-order valence-corrected chi connectivity index (χ4v) is 2.98. The molecule has 0 spiro atoms. The van der Waals surface area contributed by atoms with E-state index in [-0.39, 0.29) is 12.4 Å². The van der Waals surface area contributed by atoms with Gasteiger partial charge in [0.1, 0.15) is 6.07 Å². The summed E-state index contributed by atoms with van der Waals surface area (Å²) in [5.74, 6) is 0. The van der Waals surface area contributed by atoms with E-state index < -0.39 is 0 Å². The molecule has 0 saturated heterocycles. The number of benzene rings is 2. The second-order valence-corrected chi connectivity index (χ2v) is 6.10. The van der Waals surface area contributed by atoms with Crippen molar-refractivity contribution >= 4 is 46.4 Å². The smallest absolute Gasteiger partial charge is 0.103 e. The van der Waals surface area contributed by atoms with Gasteiger partial charge in [0.2, 0.25) is 0 Å². The average molecular weight is 356 g/mol. The number of thioether (sulfide) groups is 1. The predicted octanol–water partition coefficient (Wildman–Crippen LogP) is 5.56. The van der Waals surface area contributed by atoms with E-state index in [1.165, 1.54) is 10.5 Å². The van der Waals surface area contributed by atoms with Crippen LogP contribution in [0.1, 0.15) is 18.1 Å². The Kier molecular flexibility index (Phi) is 6.08. The van der Waals surface area contributed by atoms with Gasteiger partial charge in [-0.1, -0.05) is 19.1 Å². The zero-order chi connectivity index (χ0) is 16.2. The van der Waals surface area contributed by atoms with Crippen molar-refractivity contribution in [3.05, 3.63) is 59.8 Å². The molecule has 1 N–H and O–H groups in total. The largest absolute Gasteiger partial charge is 0.354 e. The van der Waals surface area contributed by atoms with Crippen LogP contribution in [0.5, 0.6) is 0 Å². The molecule has 0 atom stereocenters. The Morgan fingerprint density at radius 3 is 2.75 bits per heavy atom. The lowest BCUT2D eigenvalue weighted by Crippen LogP contribution is -1.97. The summed E-state index contributed by atoms with van der Waals surface area (Å²) in [6.45, 7) is 2.12. The van der Waals surface area contributed by atoms with Gasteiger partial charge in [0, 0.05) is 22.2 Å². The van der Waals surface area contributed by atoms with Crippen molar-refractivity contribution in [1.82, 2.24) is 4.98 Å². The molecule has 1 heterocycles. The van der Waals surface area contributed by atoms with Gasteiger partial charge in [-0.05, 0) is 48.6 Å². The van der Waals surface area contributed by atoms with E-state index in [9.17, 15) is 5.26 Å². The number of hydrogen-bond acceptors (Lipinski definition) is 4. The van der Waals surface area contributed by atoms with Crippen molar-refractivity contribution in [2.75, 3.05) is 11.6 Å². The van der Waals surface area contributed by atoms with Crippen LogP contribution < -0.4 is 5.32 Å². The van der Waals surface area contributed by atoms with E-state index in [0.29, 0.717) is 5.56 Å². The molecule has 0 unspecified atom stereocenters. The van der Waals surface area contributed by atoms with Crippen molar-refractivity contribution in [3.8, 4) is 6.07 Å². The molecule has 2 aromatic carbocycles. The summed E-state index contributed by atoms with van der Waals surface area (Å²) in [5.41, 5.74) is 4.48. The Balaban J connectivity index is 0.00000208. The Morgan fingerprint density at radius 1 is 1.21 bits per heavy atom. The molecule has 3 rings (SSSR count). The third kappa shape index (κ3) is 3.64. The third-order valence-corrected chi connectivity index (χ3v) is 4.53. The van der Waals surface area contributed by atoms with Crippen molar-refractivity contribution in [1.29, 1.82) is 5.26 Å². The summed E-state index contributed by atoms with van der Waals surface area (Å²) in [6.07, 6.45) is 4.64. The standard InChI is InChI=1S/C19H17N3S.ClH/c1-3-13-7-8-18-17(9-13)19(14(11-20)12-21-18)22-15-5-4-6-16(10-15)23-2;/h4-10,12H,3H2,1-2H3,(H,21,22);1H. The number of nitrogens with one attached hydrogen (secondary N) is 1. The summed E-state index contributed by atoms with van der Waals surface area (Å²) in [5, 5.41) is 13.8. The zero-order valence-corrected chi connectivity index (χ0v) is 15.2. The van der Waals surface area contributed by atoms with Gasteiger partial charge in [-0.15, -0.1) is 24.2 Å². The van der Waals surface area contributed by atoms with Gasteiger partial charge in [-0.25, -0.2) is 0 Å². The number of pyridine rings is 1. The second kappa shape index (κ2) is 8.05. The maximum absolute atomic E-state index is 9.45. The van der Waals surface area contributed by atoms with Crippen molar-refractivity contribution in [3.63, 3.8) is 0 Å². The SMILES string of the molecule is CCc1ccc2ncc(C#N)c(Nc3cccc(SC)c3)c2c1.Cl. The van der Waals surface area contributed by atoms with Crippen LogP contribution in [-0.4, -0.2) is 11.2 Å². The highest BCUT2D eigenvalue weighted by molar-refractivity contribution is 7.98. The number of fused-ring (bicyclic) bond motifs is 1. The van der Waals surface area contributed by atoms with Gasteiger partial charge in [-0.3, -0.25) is 4.98 Å². The van der Waals surface area contributed by atoms with Gasteiger partial charge < -0.3 is 5.32 Å². The van der Waals surface area contributed by atoms with Crippen LogP contribution in [0.3, 0.4) is 0 Å². The monoisotopic (exact) mass is 355 g/mol. The number of hydrogen-bond donors (Lipinski definition) is 1. The van der Waals surface area contributed by atoms with Crippen molar-refractivity contribution < 1.29 is 0 Å². The maximum Gasteiger partial charge on any atom is 0.103 e. The van der Waals surface area contributed by atoms with Gasteiger partial charge in [-0.2, -0.15) is 5.26 Å². The highest BCUT2D eigenvalue weighted by atomic mass is 35.5. The highest BCUT2D eigenvalue weighted by Gasteiger charge is 2.10. The molecule has 0 fully saturated rings. The molecule has 0 bridgehead atoms. The minimum Gasteiger partial charge on any atom is -0.354 e. The Morgan fingerprint density at radius 2 is 2.04 bits per heavy atom. The van der Waals surface area contributed by atoms with Gasteiger partial charge >= 0.3 is 0 Å². The van der Waals surface area contributed by atoms with Crippen molar-refractivity contribution in [2.24, 2.45) is 0 Å². The van der Waals surface area contributed by atoms with Crippen LogP contribution >= 0.6 is 24.2 Å². The van der Waals surface area contributed by atoms with Crippen LogP contribution in [0.2, 0.25) is 0 Å². The maximum atomic E-state index is 9.45. The molecule has 24 heavy (non-hydrogen) atoms. The normalized spacial score (nSPS) is 10.0. The van der Waals surface area contributed by atoms with Gasteiger partial charge in [0.25, 0.3) is 0 Å². The predicted molar refractivity (Wildman–Crippen MR) is 105 cm³/mol. The quantitative estimate of drug-likeness (QED) is 0.623. The topological polar surface area (TPSA) is 48.7 Å². The summed E-state index contributed by atoms with van der Waals surface area (Å²) in [7, 11) is 0. The minimum absolute atomic E-state index is 0. The molecule has 3 nitrogen and oxygen atoms in total. The first-order chi connectivity index (χ1) is 11.2.